The van der Waals surface area contributed by atoms with Crippen LogP contribution in [0.5, 0.6) is 5.06 Å². The highest BCUT2D eigenvalue weighted by molar-refractivity contribution is 7.13. The van der Waals surface area contributed by atoms with E-state index >= 15 is 0 Å². The van der Waals surface area contributed by atoms with E-state index in [1.54, 1.807) is 0 Å². The Balaban J connectivity index is 2.46. The average molecular weight is 212 g/mol. The number of thiophene rings is 1. The van der Waals surface area contributed by atoms with Crippen molar-refractivity contribution in [3.05, 3.63) is 17.0 Å². The van der Waals surface area contributed by atoms with Crippen molar-refractivity contribution in [2.75, 3.05) is 6.61 Å². The summed E-state index contributed by atoms with van der Waals surface area (Å²) in [7, 11) is 0. The second-order valence-electron chi connectivity index (χ2n) is 2.28. The van der Waals surface area contributed by atoms with E-state index in [9.17, 15) is 13.2 Å². The van der Waals surface area contributed by atoms with Gasteiger partial charge in [-0.3, -0.25) is 0 Å². The molecule has 1 aromatic rings. The van der Waals surface area contributed by atoms with Crippen LogP contribution in [-0.2, 0) is 6.61 Å². The van der Waals surface area contributed by atoms with Gasteiger partial charge in [0.1, 0.15) is 0 Å². The van der Waals surface area contributed by atoms with E-state index in [1.807, 2.05) is 0 Å². The van der Waals surface area contributed by atoms with Crippen molar-refractivity contribution in [3.63, 3.8) is 0 Å². The van der Waals surface area contributed by atoms with Crippen molar-refractivity contribution in [2.24, 2.45) is 0 Å². The summed E-state index contributed by atoms with van der Waals surface area (Å²) in [6.45, 7) is -1.47. The molecule has 0 saturated carbocycles. The molecule has 0 atom stereocenters. The van der Waals surface area contributed by atoms with Gasteiger partial charge in [-0.05, 0) is 12.1 Å². The highest BCUT2D eigenvalue weighted by Gasteiger charge is 2.28. The second kappa shape index (κ2) is 3.97. The molecule has 0 fully saturated rings. The lowest BCUT2D eigenvalue weighted by Crippen LogP contribution is -2.18. The summed E-state index contributed by atoms with van der Waals surface area (Å²) in [4.78, 5) is 0.581. The molecule has 0 aromatic carbocycles. The van der Waals surface area contributed by atoms with Gasteiger partial charge in [0, 0.05) is 4.88 Å². The minimum Gasteiger partial charge on any atom is -0.475 e. The zero-order valence-corrected chi connectivity index (χ0v) is 7.28. The molecule has 0 amide bonds. The van der Waals surface area contributed by atoms with Crippen LogP contribution in [0.3, 0.4) is 0 Å². The lowest BCUT2D eigenvalue weighted by Gasteiger charge is -2.06. The number of hydrogen-bond acceptors (Lipinski definition) is 3. The summed E-state index contributed by atoms with van der Waals surface area (Å²) in [6.07, 6.45) is -4.32. The fourth-order valence-corrected chi connectivity index (χ4v) is 1.39. The molecule has 0 saturated heterocycles. The highest BCUT2D eigenvalue weighted by atomic mass is 32.1. The molecule has 0 aliphatic heterocycles. The first-order chi connectivity index (χ1) is 6.01. The smallest absolute Gasteiger partial charge is 0.422 e. The van der Waals surface area contributed by atoms with Gasteiger partial charge in [-0.25, -0.2) is 0 Å². The Bertz CT molecular complexity index is 269. The summed E-state index contributed by atoms with van der Waals surface area (Å²) in [5.41, 5.74) is 0. The van der Waals surface area contributed by atoms with Gasteiger partial charge in [-0.1, -0.05) is 0 Å². The summed E-state index contributed by atoms with van der Waals surface area (Å²) >= 11 is 1.00. The molecule has 0 bridgehead atoms. The molecule has 1 aromatic heterocycles. The van der Waals surface area contributed by atoms with Crippen molar-refractivity contribution in [2.45, 2.75) is 12.8 Å². The Labute approximate surface area is 76.6 Å². The first-order valence-corrected chi connectivity index (χ1v) is 4.22. The number of rotatable bonds is 3. The van der Waals surface area contributed by atoms with E-state index in [-0.39, 0.29) is 11.7 Å². The van der Waals surface area contributed by atoms with Crippen molar-refractivity contribution in [3.8, 4) is 5.06 Å². The summed E-state index contributed by atoms with van der Waals surface area (Å²) < 4.78 is 39.4. The first-order valence-electron chi connectivity index (χ1n) is 3.40. The third kappa shape index (κ3) is 3.65. The zero-order valence-electron chi connectivity index (χ0n) is 6.47. The van der Waals surface area contributed by atoms with Crippen molar-refractivity contribution >= 4 is 11.3 Å². The molecule has 6 heteroatoms. The average Bonchev–Trinajstić information content (AvgIpc) is 2.47. The van der Waals surface area contributed by atoms with E-state index in [4.69, 9.17) is 5.11 Å². The lowest BCUT2D eigenvalue weighted by molar-refractivity contribution is -0.152. The number of halogens is 3. The van der Waals surface area contributed by atoms with Crippen molar-refractivity contribution < 1.29 is 23.0 Å². The van der Waals surface area contributed by atoms with Gasteiger partial charge in [0.15, 0.2) is 11.7 Å². The van der Waals surface area contributed by atoms with Gasteiger partial charge in [0.05, 0.1) is 6.61 Å². The molecule has 0 unspecified atom stereocenters. The van der Waals surface area contributed by atoms with Gasteiger partial charge in [0.2, 0.25) is 0 Å². The van der Waals surface area contributed by atoms with E-state index in [0.29, 0.717) is 4.88 Å². The minimum absolute atomic E-state index is 0.168. The Hall–Kier alpha value is -0.750. The van der Waals surface area contributed by atoms with Gasteiger partial charge in [0.25, 0.3) is 0 Å². The van der Waals surface area contributed by atoms with Crippen LogP contribution >= 0.6 is 11.3 Å². The first kappa shape index (κ1) is 10.3. The van der Waals surface area contributed by atoms with E-state index in [0.717, 1.165) is 11.3 Å². The Morgan fingerprint density at radius 3 is 2.54 bits per heavy atom. The van der Waals surface area contributed by atoms with Crippen LogP contribution in [0, 0.1) is 0 Å². The van der Waals surface area contributed by atoms with Crippen molar-refractivity contribution in [1.82, 2.24) is 0 Å². The molecule has 0 spiro atoms. The van der Waals surface area contributed by atoms with Crippen LogP contribution in [0.15, 0.2) is 12.1 Å². The maximum absolute atomic E-state index is 11.7. The predicted octanol–water partition coefficient (Wildman–Crippen LogP) is 2.18. The minimum atomic E-state index is -4.32. The molecule has 2 nitrogen and oxygen atoms in total. The topological polar surface area (TPSA) is 29.5 Å². The molecule has 1 heterocycles. The number of aliphatic hydroxyl groups excluding tert-OH is 1. The van der Waals surface area contributed by atoms with Crippen LogP contribution in [0.25, 0.3) is 0 Å². The Morgan fingerprint density at radius 1 is 1.38 bits per heavy atom. The SMILES string of the molecule is OCc1ccc(OCC(F)(F)F)s1. The third-order valence-corrected chi connectivity index (χ3v) is 2.15. The normalized spacial score (nSPS) is 11.7. The molecular weight excluding hydrogens is 205 g/mol. The fraction of sp³-hybridized carbons (Fsp3) is 0.429. The Kier molecular flexibility index (Phi) is 3.16. The quantitative estimate of drug-likeness (QED) is 0.832. The second-order valence-corrected chi connectivity index (χ2v) is 3.41. The maximum atomic E-state index is 11.7. The summed E-state index contributed by atoms with van der Waals surface area (Å²) in [5.74, 6) is 0. The Morgan fingerprint density at radius 2 is 2.08 bits per heavy atom. The summed E-state index contributed by atoms with van der Waals surface area (Å²) in [5, 5.41) is 8.78. The van der Waals surface area contributed by atoms with Gasteiger partial charge >= 0.3 is 6.18 Å². The molecule has 1 N–H and O–H groups in total. The number of aliphatic hydroxyl groups is 1. The standard InChI is InChI=1S/C7H7F3O2S/c8-7(9,10)4-12-6-2-1-5(3-11)13-6/h1-2,11H,3-4H2. The zero-order chi connectivity index (χ0) is 9.90. The van der Waals surface area contributed by atoms with Gasteiger partial charge < -0.3 is 9.84 Å². The molecule has 74 valence electrons. The van der Waals surface area contributed by atoms with Crippen LogP contribution in [-0.4, -0.2) is 17.9 Å². The monoisotopic (exact) mass is 212 g/mol. The number of ether oxygens (including phenoxy) is 1. The highest BCUT2D eigenvalue weighted by Crippen LogP contribution is 2.26. The van der Waals surface area contributed by atoms with Crippen LogP contribution in [0.2, 0.25) is 0 Å². The van der Waals surface area contributed by atoms with Crippen LogP contribution < -0.4 is 4.74 Å². The number of alkyl halides is 3. The molecular formula is C7H7F3O2S. The molecule has 0 radical (unpaired) electrons. The third-order valence-electron chi connectivity index (χ3n) is 1.17. The molecule has 1 rings (SSSR count). The molecule has 13 heavy (non-hydrogen) atoms. The number of hydrogen-bond donors (Lipinski definition) is 1. The van der Waals surface area contributed by atoms with Crippen LogP contribution in [0.4, 0.5) is 13.2 Å². The van der Waals surface area contributed by atoms with Crippen molar-refractivity contribution in [1.29, 1.82) is 0 Å². The lowest BCUT2D eigenvalue weighted by atomic mass is 10.5. The molecule has 0 aliphatic rings. The van der Waals surface area contributed by atoms with Crippen LogP contribution in [0.1, 0.15) is 4.88 Å². The maximum Gasteiger partial charge on any atom is 0.422 e. The van der Waals surface area contributed by atoms with E-state index < -0.39 is 12.8 Å². The van der Waals surface area contributed by atoms with Gasteiger partial charge in [-0.2, -0.15) is 13.2 Å². The fourth-order valence-electron chi connectivity index (χ4n) is 0.674. The molecule has 0 aliphatic carbocycles. The predicted molar refractivity (Wildman–Crippen MR) is 41.8 cm³/mol. The van der Waals surface area contributed by atoms with E-state index in [1.165, 1.54) is 12.1 Å². The van der Waals surface area contributed by atoms with Gasteiger partial charge in [-0.15, -0.1) is 11.3 Å². The largest absolute Gasteiger partial charge is 0.475 e. The summed E-state index contributed by atoms with van der Waals surface area (Å²) in [6, 6.07) is 2.93. The van der Waals surface area contributed by atoms with E-state index in [2.05, 4.69) is 4.74 Å².